The van der Waals surface area contributed by atoms with Crippen molar-refractivity contribution in [2.24, 2.45) is 0 Å². The highest BCUT2D eigenvalue weighted by molar-refractivity contribution is 5.90. The average molecular weight is 452 g/mol. The number of alkyl carbamates (subject to hydrolysis) is 1. The summed E-state index contributed by atoms with van der Waals surface area (Å²) in [5, 5.41) is 9.98. The van der Waals surface area contributed by atoms with E-state index in [2.05, 4.69) is 4.84 Å². The fraction of sp³-hybridized carbons (Fsp3) is 0.286. The monoisotopic (exact) mass is 452 g/mol. The predicted octanol–water partition coefficient (Wildman–Crippen LogP) is 2.98. The standard InChI is InChI=1S/C21H19F3N2O6/c1-20(21(22,23)24,18(29)26-32-11-17(27)28)25-19(30)31-10-16-14-8-4-2-6-12(14)13-7-3-5-9-15(13)16/h2-9,16H,10-11H2,1H3,(H,25,30)(H,26,29)(H,27,28). The number of halogens is 3. The molecule has 0 bridgehead atoms. The summed E-state index contributed by atoms with van der Waals surface area (Å²) in [4.78, 5) is 38.8. The molecule has 1 aliphatic rings. The second-order valence-electron chi connectivity index (χ2n) is 7.19. The van der Waals surface area contributed by atoms with Gasteiger partial charge in [0.15, 0.2) is 6.61 Å². The van der Waals surface area contributed by atoms with E-state index in [0.29, 0.717) is 6.92 Å². The Kier molecular flexibility index (Phi) is 6.40. The van der Waals surface area contributed by atoms with Gasteiger partial charge in [0.1, 0.15) is 6.61 Å². The van der Waals surface area contributed by atoms with E-state index in [1.807, 2.05) is 36.4 Å². The lowest BCUT2D eigenvalue weighted by Gasteiger charge is -2.30. The van der Waals surface area contributed by atoms with Crippen molar-refractivity contribution in [3.8, 4) is 11.1 Å². The molecule has 2 amide bonds. The highest BCUT2D eigenvalue weighted by Gasteiger charge is 2.58. The van der Waals surface area contributed by atoms with Gasteiger partial charge in [0.05, 0.1) is 0 Å². The summed E-state index contributed by atoms with van der Waals surface area (Å²) in [5.41, 5.74) is 1.55. The van der Waals surface area contributed by atoms with Gasteiger partial charge in [-0.1, -0.05) is 48.5 Å². The Morgan fingerprint density at radius 3 is 2.03 bits per heavy atom. The van der Waals surface area contributed by atoms with Crippen LogP contribution in [0, 0.1) is 0 Å². The molecule has 170 valence electrons. The van der Waals surface area contributed by atoms with Crippen LogP contribution in [0.2, 0.25) is 0 Å². The third kappa shape index (κ3) is 4.52. The molecule has 0 saturated carbocycles. The number of carbonyl (C=O) groups excluding carboxylic acids is 2. The zero-order valence-corrected chi connectivity index (χ0v) is 16.7. The molecule has 3 rings (SSSR count). The van der Waals surface area contributed by atoms with Gasteiger partial charge in [0.25, 0.3) is 5.91 Å². The van der Waals surface area contributed by atoms with Gasteiger partial charge < -0.3 is 9.84 Å². The Labute approximate surface area is 180 Å². The van der Waals surface area contributed by atoms with Crippen molar-refractivity contribution in [1.29, 1.82) is 0 Å². The van der Waals surface area contributed by atoms with Crippen LogP contribution in [0.4, 0.5) is 18.0 Å². The minimum absolute atomic E-state index is 0.259. The number of carboxylic acids is 1. The molecule has 0 aromatic heterocycles. The molecular formula is C21H19F3N2O6. The summed E-state index contributed by atoms with van der Waals surface area (Å²) in [7, 11) is 0. The quantitative estimate of drug-likeness (QED) is 0.557. The highest BCUT2D eigenvalue weighted by Crippen LogP contribution is 2.44. The Morgan fingerprint density at radius 2 is 1.53 bits per heavy atom. The number of amides is 2. The second-order valence-corrected chi connectivity index (χ2v) is 7.19. The molecule has 0 spiro atoms. The average Bonchev–Trinajstić information content (AvgIpc) is 3.05. The third-order valence-corrected chi connectivity index (χ3v) is 5.08. The van der Waals surface area contributed by atoms with Gasteiger partial charge >= 0.3 is 18.2 Å². The maximum atomic E-state index is 13.5. The number of ether oxygens (including phenoxy) is 1. The van der Waals surface area contributed by atoms with Crippen LogP contribution in [0.3, 0.4) is 0 Å². The Balaban J connectivity index is 1.71. The molecular weight excluding hydrogens is 433 g/mol. The molecule has 11 heteroatoms. The summed E-state index contributed by atoms with van der Waals surface area (Å²) in [6, 6.07) is 14.8. The van der Waals surface area contributed by atoms with Crippen LogP contribution in [-0.4, -0.2) is 48.0 Å². The van der Waals surface area contributed by atoms with Crippen molar-refractivity contribution in [3.05, 3.63) is 59.7 Å². The molecule has 1 aliphatic carbocycles. The van der Waals surface area contributed by atoms with Crippen molar-refractivity contribution < 1.29 is 42.2 Å². The van der Waals surface area contributed by atoms with Crippen LogP contribution in [0.1, 0.15) is 24.0 Å². The van der Waals surface area contributed by atoms with Crippen molar-refractivity contribution in [1.82, 2.24) is 10.8 Å². The number of carbonyl (C=O) groups is 3. The highest BCUT2D eigenvalue weighted by atomic mass is 19.4. The molecule has 2 aromatic carbocycles. The maximum absolute atomic E-state index is 13.5. The summed E-state index contributed by atoms with van der Waals surface area (Å²) in [6.07, 6.45) is -6.70. The lowest BCUT2D eigenvalue weighted by Crippen LogP contribution is -2.65. The number of hydrogen-bond donors (Lipinski definition) is 3. The number of rotatable bonds is 7. The lowest BCUT2D eigenvalue weighted by molar-refractivity contribution is -0.200. The lowest BCUT2D eigenvalue weighted by atomic mass is 9.98. The number of aliphatic carboxylic acids is 1. The number of benzene rings is 2. The van der Waals surface area contributed by atoms with E-state index in [0.717, 1.165) is 22.3 Å². The van der Waals surface area contributed by atoms with Gasteiger partial charge in [-0.3, -0.25) is 14.9 Å². The number of nitrogens with one attached hydrogen (secondary N) is 2. The van der Waals surface area contributed by atoms with E-state index in [-0.39, 0.29) is 6.61 Å². The number of alkyl halides is 3. The zero-order valence-electron chi connectivity index (χ0n) is 16.7. The first kappa shape index (κ1) is 23.1. The topological polar surface area (TPSA) is 114 Å². The van der Waals surface area contributed by atoms with Crippen LogP contribution in [0.15, 0.2) is 48.5 Å². The first-order chi connectivity index (χ1) is 15.0. The Hall–Kier alpha value is -3.60. The molecule has 3 N–H and O–H groups in total. The smallest absolute Gasteiger partial charge is 0.420 e. The van der Waals surface area contributed by atoms with Crippen LogP contribution < -0.4 is 10.8 Å². The number of carboxylic acid groups (broad SMARTS) is 1. The van der Waals surface area contributed by atoms with Crippen molar-refractivity contribution >= 4 is 18.0 Å². The Morgan fingerprint density at radius 1 is 1.00 bits per heavy atom. The molecule has 0 saturated heterocycles. The van der Waals surface area contributed by atoms with Gasteiger partial charge in [-0.15, -0.1) is 0 Å². The van der Waals surface area contributed by atoms with E-state index < -0.39 is 42.2 Å². The molecule has 0 fully saturated rings. The van der Waals surface area contributed by atoms with E-state index in [1.54, 1.807) is 12.1 Å². The Bertz CT molecular complexity index is 997. The van der Waals surface area contributed by atoms with E-state index in [4.69, 9.17) is 9.84 Å². The van der Waals surface area contributed by atoms with Crippen LogP contribution >= 0.6 is 0 Å². The molecule has 1 atom stereocenters. The normalized spacial score (nSPS) is 14.6. The van der Waals surface area contributed by atoms with E-state index >= 15 is 0 Å². The first-order valence-electron chi connectivity index (χ1n) is 9.38. The van der Waals surface area contributed by atoms with Gasteiger partial charge in [-0.2, -0.15) is 13.2 Å². The predicted molar refractivity (Wildman–Crippen MR) is 104 cm³/mol. The van der Waals surface area contributed by atoms with Gasteiger partial charge in [-0.05, 0) is 29.2 Å². The minimum Gasteiger partial charge on any atom is -0.479 e. The van der Waals surface area contributed by atoms with Crippen molar-refractivity contribution in [2.75, 3.05) is 13.2 Å². The fourth-order valence-electron chi connectivity index (χ4n) is 3.36. The van der Waals surface area contributed by atoms with Gasteiger partial charge in [0.2, 0.25) is 5.54 Å². The van der Waals surface area contributed by atoms with E-state index in [1.165, 1.54) is 10.8 Å². The van der Waals surface area contributed by atoms with Gasteiger partial charge in [-0.25, -0.2) is 15.1 Å². The molecule has 0 aliphatic heterocycles. The molecule has 32 heavy (non-hydrogen) atoms. The van der Waals surface area contributed by atoms with Crippen molar-refractivity contribution in [3.63, 3.8) is 0 Å². The number of hydroxylamine groups is 1. The van der Waals surface area contributed by atoms with Crippen LogP contribution in [-0.2, 0) is 19.2 Å². The van der Waals surface area contributed by atoms with Gasteiger partial charge in [0, 0.05) is 5.92 Å². The molecule has 8 nitrogen and oxygen atoms in total. The summed E-state index contributed by atoms with van der Waals surface area (Å²) < 4.78 is 45.7. The summed E-state index contributed by atoms with van der Waals surface area (Å²) in [6.45, 7) is -0.913. The largest absolute Gasteiger partial charge is 0.479 e. The molecule has 0 radical (unpaired) electrons. The molecule has 2 aromatic rings. The molecule has 0 heterocycles. The van der Waals surface area contributed by atoms with E-state index in [9.17, 15) is 27.6 Å². The maximum Gasteiger partial charge on any atom is 0.420 e. The molecule has 1 unspecified atom stereocenters. The van der Waals surface area contributed by atoms with Crippen LogP contribution in [0.5, 0.6) is 0 Å². The van der Waals surface area contributed by atoms with Crippen molar-refractivity contribution in [2.45, 2.75) is 24.6 Å². The number of fused-ring (bicyclic) bond motifs is 3. The zero-order chi connectivity index (χ0) is 23.5. The SMILES string of the molecule is CC(NC(=O)OCC1c2ccccc2-c2ccccc21)(C(=O)NOCC(=O)O)C(F)(F)F. The number of hydrogen-bond acceptors (Lipinski definition) is 5. The third-order valence-electron chi connectivity index (χ3n) is 5.08. The summed E-state index contributed by atoms with van der Waals surface area (Å²) in [5.74, 6) is -3.71. The van der Waals surface area contributed by atoms with Crippen LogP contribution in [0.25, 0.3) is 11.1 Å². The minimum atomic E-state index is -5.23. The fourth-order valence-corrected chi connectivity index (χ4v) is 3.36. The summed E-state index contributed by atoms with van der Waals surface area (Å²) >= 11 is 0. The second kappa shape index (κ2) is 8.87. The first-order valence-corrected chi connectivity index (χ1v) is 9.38.